The van der Waals surface area contributed by atoms with E-state index < -0.39 is 10.0 Å². The Morgan fingerprint density at radius 3 is 2.48 bits per heavy atom. The Balaban J connectivity index is 2.15. The standard InChI is InChI=1S/C14H16N2O4S/c15-13-7-12(4-5-14(13)18)21(19,20)16-8-10-2-1-3-11(6-10)9-17/h1-7,16-18H,8-9,15H2. The fourth-order valence-electron chi connectivity index (χ4n) is 1.80. The van der Waals surface area contributed by atoms with Crippen molar-refractivity contribution in [1.82, 2.24) is 4.72 Å². The zero-order chi connectivity index (χ0) is 15.5. The van der Waals surface area contributed by atoms with Crippen molar-refractivity contribution in [1.29, 1.82) is 0 Å². The average molecular weight is 308 g/mol. The Labute approximate surface area is 122 Å². The number of hydrogen-bond acceptors (Lipinski definition) is 5. The van der Waals surface area contributed by atoms with Crippen molar-refractivity contribution in [2.24, 2.45) is 0 Å². The van der Waals surface area contributed by atoms with Crippen molar-refractivity contribution in [2.45, 2.75) is 18.0 Å². The molecule has 0 unspecified atom stereocenters. The van der Waals surface area contributed by atoms with Gasteiger partial charge in [-0.05, 0) is 29.3 Å². The van der Waals surface area contributed by atoms with E-state index in [4.69, 9.17) is 10.8 Å². The van der Waals surface area contributed by atoms with Gasteiger partial charge in [0.15, 0.2) is 0 Å². The largest absolute Gasteiger partial charge is 0.506 e. The molecule has 0 aliphatic rings. The predicted molar refractivity (Wildman–Crippen MR) is 78.9 cm³/mol. The topological polar surface area (TPSA) is 113 Å². The number of nitrogens with one attached hydrogen (secondary N) is 1. The van der Waals surface area contributed by atoms with Gasteiger partial charge in [0, 0.05) is 6.54 Å². The van der Waals surface area contributed by atoms with Crippen LogP contribution in [-0.4, -0.2) is 18.6 Å². The molecule has 2 rings (SSSR count). The minimum atomic E-state index is -3.72. The zero-order valence-electron chi connectivity index (χ0n) is 11.2. The molecule has 0 fully saturated rings. The van der Waals surface area contributed by atoms with Crippen molar-refractivity contribution in [3.05, 3.63) is 53.6 Å². The first kappa shape index (κ1) is 15.3. The lowest BCUT2D eigenvalue weighted by Crippen LogP contribution is -2.23. The molecular formula is C14H16N2O4S. The molecule has 0 bridgehead atoms. The third kappa shape index (κ3) is 3.72. The third-order valence-corrected chi connectivity index (χ3v) is 4.35. The van der Waals surface area contributed by atoms with Gasteiger partial charge >= 0.3 is 0 Å². The minimum Gasteiger partial charge on any atom is -0.506 e. The van der Waals surface area contributed by atoms with E-state index in [0.29, 0.717) is 5.56 Å². The van der Waals surface area contributed by atoms with E-state index >= 15 is 0 Å². The van der Waals surface area contributed by atoms with Gasteiger partial charge in [-0.3, -0.25) is 0 Å². The van der Waals surface area contributed by atoms with E-state index in [-0.39, 0.29) is 29.5 Å². The van der Waals surface area contributed by atoms with Crippen molar-refractivity contribution in [3.63, 3.8) is 0 Å². The van der Waals surface area contributed by atoms with Crippen molar-refractivity contribution < 1.29 is 18.6 Å². The number of aliphatic hydroxyl groups excluding tert-OH is 1. The fraction of sp³-hybridized carbons (Fsp3) is 0.143. The number of anilines is 1. The molecule has 112 valence electrons. The lowest BCUT2D eigenvalue weighted by Gasteiger charge is -2.09. The molecule has 5 N–H and O–H groups in total. The second-order valence-electron chi connectivity index (χ2n) is 4.52. The maximum Gasteiger partial charge on any atom is 0.240 e. The molecule has 0 saturated carbocycles. The van der Waals surface area contributed by atoms with Crippen LogP contribution in [0.2, 0.25) is 0 Å². The van der Waals surface area contributed by atoms with Crippen LogP contribution in [0, 0.1) is 0 Å². The summed E-state index contributed by atoms with van der Waals surface area (Å²) in [6.07, 6.45) is 0. The van der Waals surface area contributed by atoms with Crippen LogP contribution >= 0.6 is 0 Å². The second kappa shape index (κ2) is 6.13. The van der Waals surface area contributed by atoms with Gasteiger partial charge < -0.3 is 15.9 Å². The predicted octanol–water partition coefficient (Wildman–Crippen LogP) is 0.945. The third-order valence-electron chi connectivity index (χ3n) is 2.95. The molecule has 0 radical (unpaired) electrons. The first-order valence-corrected chi connectivity index (χ1v) is 7.67. The first-order valence-electron chi connectivity index (χ1n) is 6.19. The van der Waals surface area contributed by atoms with Crippen molar-refractivity contribution in [3.8, 4) is 5.75 Å². The van der Waals surface area contributed by atoms with Crippen LogP contribution in [0.25, 0.3) is 0 Å². The van der Waals surface area contributed by atoms with E-state index in [2.05, 4.69) is 4.72 Å². The van der Waals surface area contributed by atoms with Crippen LogP contribution in [0.3, 0.4) is 0 Å². The van der Waals surface area contributed by atoms with Crippen LogP contribution in [0.4, 0.5) is 5.69 Å². The number of sulfonamides is 1. The van der Waals surface area contributed by atoms with Crippen molar-refractivity contribution >= 4 is 15.7 Å². The molecule has 7 heteroatoms. The Hall–Kier alpha value is -2.09. The van der Waals surface area contributed by atoms with Gasteiger partial charge in [0.25, 0.3) is 0 Å². The number of phenolic OH excluding ortho intramolecular Hbond substituents is 1. The number of aromatic hydroxyl groups is 1. The molecule has 21 heavy (non-hydrogen) atoms. The normalized spacial score (nSPS) is 11.5. The molecule has 0 saturated heterocycles. The number of hydrogen-bond donors (Lipinski definition) is 4. The highest BCUT2D eigenvalue weighted by atomic mass is 32.2. The van der Waals surface area contributed by atoms with Crippen molar-refractivity contribution in [2.75, 3.05) is 5.73 Å². The summed E-state index contributed by atoms with van der Waals surface area (Å²) in [5.41, 5.74) is 6.93. The molecule has 6 nitrogen and oxygen atoms in total. The van der Waals surface area contributed by atoms with E-state index in [1.54, 1.807) is 24.3 Å². The van der Waals surface area contributed by atoms with Crippen LogP contribution in [-0.2, 0) is 23.2 Å². The monoisotopic (exact) mass is 308 g/mol. The number of nitrogen functional groups attached to an aromatic ring is 1. The van der Waals surface area contributed by atoms with Gasteiger partial charge in [-0.25, -0.2) is 13.1 Å². The Kier molecular flexibility index (Phi) is 4.46. The summed E-state index contributed by atoms with van der Waals surface area (Å²) in [7, 11) is -3.72. The number of nitrogens with two attached hydrogens (primary N) is 1. The summed E-state index contributed by atoms with van der Waals surface area (Å²) in [4.78, 5) is -0.0175. The van der Waals surface area contributed by atoms with Crippen LogP contribution < -0.4 is 10.5 Å². The molecule has 0 aliphatic heterocycles. The minimum absolute atomic E-state index is 0.000142. The summed E-state index contributed by atoms with van der Waals surface area (Å²) in [5.74, 6) is -0.162. The Morgan fingerprint density at radius 2 is 1.81 bits per heavy atom. The SMILES string of the molecule is Nc1cc(S(=O)(=O)NCc2cccc(CO)c2)ccc1O. The van der Waals surface area contributed by atoms with Crippen LogP contribution in [0.5, 0.6) is 5.75 Å². The zero-order valence-corrected chi connectivity index (χ0v) is 12.0. The lowest BCUT2D eigenvalue weighted by molar-refractivity contribution is 0.281. The molecule has 0 heterocycles. The summed E-state index contributed by atoms with van der Waals surface area (Å²) < 4.78 is 26.7. The van der Waals surface area contributed by atoms with Crippen LogP contribution in [0.15, 0.2) is 47.4 Å². The number of benzene rings is 2. The van der Waals surface area contributed by atoms with Gasteiger partial charge in [0.1, 0.15) is 5.75 Å². The van der Waals surface area contributed by atoms with Gasteiger partial charge in [0.05, 0.1) is 17.2 Å². The molecule has 0 spiro atoms. The summed E-state index contributed by atoms with van der Waals surface area (Å²) in [6.45, 7) is -0.00790. The highest BCUT2D eigenvalue weighted by Crippen LogP contribution is 2.23. The van der Waals surface area contributed by atoms with E-state index in [1.165, 1.54) is 18.2 Å². The smallest absolute Gasteiger partial charge is 0.240 e. The molecule has 0 amide bonds. The summed E-state index contributed by atoms with van der Waals surface area (Å²) >= 11 is 0. The number of aliphatic hydroxyl groups is 1. The average Bonchev–Trinajstić information content (AvgIpc) is 2.48. The maximum absolute atomic E-state index is 12.1. The number of rotatable bonds is 5. The molecule has 2 aromatic carbocycles. The van der Waals surface area contributed by atoms with E-state index in [9.17, 15) is 13.5 Å². The highest BCUT2D eigenvalue weighted by molar-refractivity contribution is 7.89. The highest BCUT2D eigenvalue weighted by Gasteiger charge is 2.15. The van der Waals surface area contributed by atoms with E-state index in [0.717, 1.165) is 5.56 Å². The molecule has 0 aromatic heterocycles. The lowest BCUT2D eigenvalue weighted by atomic mass is 10.1. The van der Waals surface area contributed by atoms with Crippen LogP contribution in [0.1, 0.15) is 11.1 Å². The number of phenols is 1. The molecule has 0 aliphatic carbocycles. The first-order chi connectivity index (χ1) is 9.92. The Morgan fingerprint density at radius 1 is 1.10 bits per heavy atom. The quantitative estimate of drug-likeness (QED) is 0.485. The van der Waals surface area contributed by atoms with Gasteiger partial charge in [-0.2, -0.15) is 0 Å². The van der Waals surface area contributed by atoms with Gasteiger partial charge in [-0.15, -0.1) is 0 Å². The molecular weight excluding hydrogens is 292 g/mol. The van der Waals surface area contributed by atoms with E-state index in [1.807, 2.05) is 0 Å². The molecule has 2 aromatic rings. The Bertz CT molecular complexity index is 744. The summed E-state index contributed by atoms with van der Waals surface area (Å²) in [6, 6.07) is 10.7. The summed E-state index contributed by atoms with van der Waals surface area (Å²) in [5, 5.41) is 18.4. The second-order valence-corrected chi connectivity index (χ2v) is 6.29. The van der Waals surface area contributed by atoms with Gasteiger partial charge in [-0.1, -0.05) is 24.3 Å². The van der Waals surface area contributed by atoms with Gasteiger partial charge in [0.2, 0.25) is 10.0 Å². The molecule has 0 atom stereocenters. The fourth-order valence-corrected chi connectivity index (χ4v) is 2.85. The maximum atomic E-state index is 12.1.